The Labute approximate surface area is 124 Å². The van der Waals surface area contributed by atoms with E-state index in [1.807, 2.05) is 18.4 Å². The molecule has 1 N–H and O–H groups in total. The number of hydrogen-bond donors (Lipinski definition) is 1. The van der Waals surface area contributed by atoms with E-state index in [2.05, 4.69) is 0 Å². The highest BCUT2D eigenvalue weighted by atomic mass is 32.2. The predicted octanol–water partition coefficient (Wildman–Crippen LogP) is 4.22. The van der Waals surface area contributed by atoms with Crippen LogP contribution in [0.25, 0.3) is 0 Å². The van der Waals surface area contributed by atoms with Crippen LogP contribution < -0.4 is 4.74 Å². The Kier molecular flexibility index (Phi) is 4.64. The van der Waals surface area contributed by atoms with E-state index in [0.29, 0.717) is 10.6 Å². The lowest BCUT2D eigenvalue weighted by atomic mass is 10.3. The summed E-state index contributed by atoms with van der Waals surface area (Å²) in [5.41, 5.74) is -0.125. The molecule has 0 radical (unpaired) electrons. The highest BCUT2D eigenvalue weighted by Gasteiger charge is 2.23. The summed E-state index contributed by atoms with van der Waals surface area (Å²) in [5, 5.41) is 20.7. The summed E-state index contributed by atoms with van der Waals surface area (Å²) in [7, 11) is 0. The number of benzene rings is 1. The first-order valence-electron chi connectivity index (χ1n) is 5.79. The molecule has 0 saturated heterocycles. The lowest BCUT2D eigenvalue weighted by Crippen LogP contribution is -1.89. The van der Waals surface area contributed by atoms with Crippen molar-refractivity contribution in [2.45, 2.75) is 17.9 Å². The summed E-state index contributed by atoms with van der Waals surface area (Å²) in [5.74, 6) is 0.532. The maximum absolute atomic E-state index is 11.0. The van der Waals surface area contributed by atoms with Crippen molar-refractivity contribution in [3.63, 3.8) is 0 Å². The van der Waals surface area contributed by atoms with Crippen molar-refractivity contribution in [3.05, 3.63) is 45.3 Å². The minimum Gasteiger partial charge on any atom is -0.440 e. The first-order chi connectivity index (χ1) is 9.51. The van der Waals surface area contributed by atoms with Gasteiger partial charge >= 0.3 is 5.69 Å². The second kappa shape index (κ2) is 6.25. The van der Waals surface area contributed by atoms with Crippen molar-refractivity contribution < 1.29 is 14.8 Å². The summed E-state index contributed by atoms with van der Waals surface area (Å²) in [4.78, 5) is 12.1. The number of nitro groups is 1. The van der Waals surface area contributed by atoms with Crippen LogP contribution in [0.1, 0.15) is 17.9 Å². The number of ether oxygens (including phenoxy) is 1. The van der Waals surface area contributed by atoms with Gasteiger partial charge in [0, 0.05) is 15.8 Å². The topological polar surface area (TPSA) is 72.6 Å². The molecule has 1 unspecified atom stereocenters. The van der Waals surface area contributed by atoms with Gasteiger partial charge in [-0.2, -0.15) is 0 Å². The minimum absolute atomic E-state index is 0.125. The zero-order valence-electron chi connectivity index (χ0n) is 10.9. The van der Waals surface area contributed by atoms with E-state index in [4.69, 9.17) is 4.74 Å². The molecule has 5 nitrogen and oxygen atoms in total. The van der Waals surface area contributed by atoms with E-state index in [-0.39, 0.29) is 10.8 Å². The van der Waals surface area contributed by atoms with Crippen molar-refractivity contribution in [2.24, 2.45) is 0 Å². The average Bonchev–Trinajstić information content (AvgIpc) is 2.84. The van der Waals surface area contributed by atoms with Crippen LogP contribution in [0.2, 0.25) is 0 Å². The van der Waals surface area contributed by atoms with Crippen LogP contribution in [-0.2, 0) is 0 Å². The molecule has 1 aromatic heterocycles. The molecule has 2 aromatic rings. The van der Waals surface area contributed by atoms with Crippen molar-refractivity contribution in [1.82, 2.24) is 0 Å². The van der Waals surface area contributed by atoms with E-state index in [1.54, 1.807) is 30.8 Å². The van der Waals surface area contributed by atoms with Crippen molar-refractivity contribution in [2.75, 3.05) is 6.26 Å². The molecule has 1 aromatic carbocycles. The van der Waals surface area contributed by atoms with Gasteiger partial charge < -0.3 is 9.84 Å². The molecular formula is C13H13NO4S2. The first kappa shape index (κ1) is 14.8. The number of nitrogens with zero attached hydrogens (tertiary/aromatic N) is 1. The van der Waals surface area contributed by atoms with E-state index in [0.717, 1.165) is 16.2 Å². The molecular weight excluding hydrogens is 298 g/mol. The van der Waals surface area contributed by atoms with E-state index in [1.165, 1.54) is 6.07 Å². The molecule has 7 heteroatoms. The zero-order chi connectivity index (χ0) is 14.7. The fraction of sp³-hybridized carbons (Fsp3) is 0.231. The molecule has 0 spiro atoms. The molecule has 0 aliphatic heterocycles. The van der Waals surface area contributed by atoms with Gasteiger partial charge in [-0.15, -0.1) is 11.8 Å². The van der Waals surface area contributed by atoms with Crippen molar-refractivity contribution in [3.8, 4) is 10.8 Å². The van der Waals surface area contributed by atoms with Gasteiger partial charge in [-0.25, -0.2) is 0 Å². The molecule has 0 bridgehead atoms. The first-order valence-corrected chi connectivity index (χ1v) is 7.83. The fourth-order valence-electron chi connectivity index (χ4n) is 1.54. The summed E-state index contributed by atoms with van der Waals surface area (Å²) < 4.78 is 5.56. The van der Waals surface area contributed by atoms with Crippen LogP contribution in [0.5, 0.6) is 10.8 Å². The minimum atomic E-state index is -0.755. The van der Waals surface area contributed by atoms with Gasteiger partial charge in [0.15, 0.2) is 0 Å². The summed E-state index contributed by atoms with van der Waals surface area (Å²) in [6.45, 7) is 1.56. The third kappa shape index (κ3) is 3.30. The van der Waals surface area contributed by atoms with Gasteiger partial charge in [-0.1, -0.05) is 11.3 Å². The Morgan fingerprint density at radius 1 is 1.40 bits per heavy atom. The number of aliphatic hydroxyl groups excluding tert-OH is 1. The van der Waals surface area contributed by atoms with Crippen molar-refractivity contribution >= 4 is 28.8 Å². The van der Waals surface area contributed by atoms with Gasteiger partial charge in [0.05, 0.1) is 11.0 Å². The normalized spacial score (nSPS) is 12.2. The highest BCUT2D eigenvalue weighted by molar-refractivity contribution is 7.98. The zero-order valence-corrected chi connectivity index (χ0v) is 12.5. The van der Waals surface area contributed by atoms with Crippen LogP contribution >= 0.6 is 23.1 Å². The Morgan fingerprint density at radius 2 is 2.05 bits per heavy atom. The molecule has 0 fully saturated rings. The lowest BCUT2D eigenvalue weighted by Gasteiger charge is -2.03. The predicted molar refractivity (Wildman–Crippen MR) is 79.9 cm³/mol. The molecule has 0 aliphatic rings. The molecule has 1 heterocycles. The molecule has 0 saturated carbocycles. The Hall–Kier alpha value is -1.57. The van der Waals surface area contributed by atoms with Gasteiger partial charge in [0.25, 0.3) is 5.06 Å². The maximum atomic E-state index is 11.0. The number of thiophene rings is 1. The number of aliphatic hydroxyl groups is 1. The summed E-state index contributed by atoms with van der Waals surface area (Å²) in [6, 6.07) is 8.64. The quantitative estimate of drug-likeness (QED) is 0.508. The number of hydrogen-bond acceptors (Lipinski definition) is 6. The SMILES string of the molecule is CSc1ccc(Oc2sc(C(C)O)cc2[N+](=O)[O-])cc1. The standard InChI is InChI=1S/C13H13NO4S2/c1-8(15)12-7-11(14(16)17)13(20-12)18-9-3-5-10(19-2)6-4-9/h3-8,15H,1-2H3. The van der Waals surface area contributed by atoms with Crippen LogP contribution in [0.15, 0.2) is 35.2 Å². The maximum Gasteiger partial charge on any atom is 0.323 e. The van der Waals surface area contributed by atoms with Gasteiger partial charge in [-0.3, -0.25) is 10.1 Å². The summed E-state index contributed by atoms with van der Waals surface area (Å²) >= 11 is 2.69. The number of thioether (sulfide) groups is 1. The number of rotatable bonds is 5. The third-order valence-corrected chi connectivity index (χ3v) is 4.49. The van der Waals surface area contributed by atoms with Gasteiger partial charge in [0.1, 0.15) is 5.75 Å². The fourth-order valence-corrected chi connectivity index (χ4v) is 2.88. The molecule has 2 rings (SSSR count). The molecule has 20 heavy (non-hydrogen) atoms. The van der Waals surface area contributed by atoms with Crippen LogP contribution in [0.3, 0.4) is 0 Å². The molecule has 106 valence electrons. The Morgan fingerprint density at radius 3 is 2.55 bits per heavy atom. The third-order valence-electron chi connectivity index (χ3n) is 2.58. The van der Waals surface area contributed by atoms with E-state index in [9.17, 15) is 15.2 Å². The van der Waals surface area contributed by atoms with Crippen molar-refractivity contribution in [1.29, 1.82) is 0 Å². The molecule has 1 atom stereocenters. The summed E-state index contributed by atoms with van der Waals surface area (Å²) in [6.07, 6.45) is 1.21. The largest absolute Gasteiger partial charge is 0.440 e. The van der Waals surface area contributed by atoms with Crippen LogP contribution in [-0.4, -0.2) is 16.3 Å². The van der Waals surface area contributed by atoms with E-state index >= 15 is 0 Å². The second-order valence-electron chi connectivity index (χ2n) is 4.03. The van der Waals surface area contributed by atoms with Gasteiger partial charge in [-0.05, 0) is 37.4 Å². The molecule has 0 amide bonds. The Bertz CT molecular complexity index is 607. The average molecular weight is 311 g/mol. The van der Waals surface area contributed by atoms with E-state index < -0.39 is 11.0 Å². The smallest absolute Gasteiger partial charge is 0.323 e. The van der Waals surface area contributed by atoms with Gasteiger partial charge in [0.2, 0.25) is 0 Å². The Balaban J connectivity index is 2.29. The molecule has 0 aliphatic carbocycles. The van der Waals surface area contributed by atoms with Crippen LogP contribution in [0.4, 0.5) is 5.69 Å². The van der Waals surface area contributed by atoms with Crippen LogP contribution in [0, 0.1) is 10.1 Å². The lowest BCUT2D eigenvalue weighted by molar-refractivity contribution is -0.385. The second-order valence-corrected chi connectivity index (χ2v) is 5.96. The monoisotopic (exact) mass is 311 g/mol. The highest BCUT2D eigenvalue weighted by Crippen LogP contribution is 2.42.